The van der Waals surface area contributed by atoms with Crippen molar-refractivity contribution in [1.82, 2.24) is 5.01 Å². The molecule has 0 aliphatic carbocycles. The Labute approximate surface area is 93.0 Å². The zero-order valence-corrected chi connectivity index (χ0v) is 10.4. The van der Waals surface area contributed by atoms with Crippen molar-refractivity contribution in [3.63, 3.8) is 0 Å². The quantitative estimate of drug-likeness (QED) is 0.593. The maximum Gasteiger partial charge on any atom is 0.0412 e. The van der Waals surface area contributed by atoms with Gasteiger partial charge in [0.2, 0.25) is 0 Å². The van der Waals surface area contributed by atoms with Crippen LogP contribution in [0, 0.1) is 10.8 Å². The Kier molecular flexibility index (Phi) is 2.40. The van der Waals surface area contributed by atoms with Gasteiger partial charge in [-0.05, 0) is 24.7 Å². The fraction of sp³-hybridized carbons (Fsp3) is 0.769. The molecule has 15 heavy (non-hydrogen) atoms. The zero-order chi connectivity index (χ0) is 11.1. The van der Waals surface area contributed by atoms with Crippen molar-refractivity contribution in [2.24, 2.45) is 15.9 Å². The monoisotopic (exact) mass is 206 g/mol. The number of fused-ring (bicyclic) bond motifs is 1. The highest BCUT2D eigenvalue weighted by molar-refractivity contribution is 5.70. The van der Waals surface area contributed by atoms with Crippen LogP contribution < -0.4 is 0 Å². The maximum atomic E-state index is 4.61. The van der Waals surface area contributed by atoms with Crippen molar-refractivity contribution in [2.75, 3.05) is 6.54 Å². The molecule has 0 bridgehead atoms. The van der Waals surface area contributed by atoms with Crippen LogP contribution in [0.5, 0.6) is 0 Å². The second-order valence-electron chi connectivity index (χ2n) is 5.99. The predicted molar refractivity (Wildman–Crippen MR) is 64.7 cm³/mol. The fourth-order valence-corrected chi connectivity index (χ4v) is 2.10. The topological polar surface area (TPSA) is 15.6 Å². The van der Waals surface area contributed by atoms with Crippen molar-refractivity contribution < 1.29 is 0 Å². The van der Waals surface area contributed by atoms with E-state index in [2.05, 4.69) is 50.1 Å². The number of hydrazone groups is 1. The highest BCUT2D eigenvalue weighted by atomic mass is 15.5. The Bertz CT molecular complexity index is 309. The molecular weight excluding hydrogens is 184 g/mol. The van der Waals surface area contributed by atoms with Gasteiger partial charge in [-0.3, -0.25) is 5.01 Å². The molecule has 2 heterocycles. The summed E-state index contributed by atoms with van der Waals surface area (Å²) in [6.07, 6.45) is 8.35. The van der Waals surface area contributed by atoms with Crippen LogP contribution in [0.3, 0.4) is 0 Å². The number of hydrogen-bond donors (Lipinski definition) is 0. The number of allylic oxidation sites excluding steroid dienone is 2. The zero-order valence-electron chi connectivity index (χ0n) is 10.4. The van der Waals surface area contributed by atoms with Gasteiger partial charge in [0.05, 0.1) is 0 Å². The van der Waals surface area contributed by atoms with Gasteiger partial charge in [0.25, 0.3) is 0 Å². The second-order valence-corrected chi connectivity index (χ2v) is 5.99. The molecule has 0 aromatic rings. The van der Waals surface area contributed by atoms with Crippen LogP contribution in [0.4, 0.5) is 0 Å². The molecule has 0 spiro atoms. The molecule has 0 saturated carbocycles. The van der Waals surface area contributed by atoms with Crippen LogP contribution in [0.15, 0.2) is 16.9 Å². The van der Waals surface area contributed by atoms with Gasteiger partial charge in [-0.2, -0.15) is 5.10 Å². The van der Waals surface area contributed by atoms with Gasteiger partial charge in [0.1, 0.15) is 0 Å². The summed E-state index contributed by atoms with van der Waals surface area (Å²) in [7, 11) is 0. The molecule has 2 aliphatic heterocycles. The van der Waals surface area contributed by atoms with E-state index in [1.165, 1.54) is 25.0 Å². The summed E-state index contributed by atoms with van der Waals surface area (Å²) in [6, 6.07) is 0. The third-order valence-electron chi connectivity index (χ3n) is 3.93. The molecule has 0 radical (unpaired) electrons. The Morgan fingerprint density at radius 3 is 2.73 bits per heavy atom. The molecule has 1 saturated heterocycles. The van der Waals surface area contributed by atoms with Gasteiger partial charge in [-0.1, -0.05) is 33.8 Å². The summed E-state index contributed by atoms with van der Waals surface area (Å²) in [5.74, 6) is 0. The largest absolute Gasteiger partial charge is 0.270 e. The first-order valence-corrected chi connectivity index (χ1v) is 5.97. The minimum Gasteiger partial charge on any atom is -0.270 e. The smallest absolute Gasteiger partial charge is 0.0412 e. The molecule has 1 fully saturated rings. The maximum absolute atomic E-state index is 4.61. The van der Waals surface area contributed by atoms with Gasteiger partial charge >= 0.3 is 0 Å². The summed E-state index contributed by atoms with van der Waals surface area (Å²) < 4.78 is 0. The second kappa shape index (κ2) is 3.36. The third kappa shape index (κ3) is 1.82. The molecule has 2 rings (SSSR count). The van der Waals surface area contributed by atoms with Gasteiger partial charge in [0.15, 0.2) is 0 Å². The lowest BCUT2D eigenvalue weighted by Crippen LogP contribution is -2.39. The molecular formula is C13H22N2. The normalized spacial score (nSPS) is 31.2. The molecule has 0 amide bonds. The Balaban J connectivity index is 2.29. The van der Waals surface area contributed by atoms with Gasteiger partial charge in [-0.25, -0.2) is 0 Å². The van der Waals surface area contributed by atoms with Crippen LogP contribution in [0.2, 0.25) is 0 Å². The lowest BCUT2D eigenvalue weighted by Gasteiger charge is -2.42. The van der Waals surface area contributed by atoms with Crippen molar-refractivity contribution in [3.05, 3.63) is 11.8 Å². The van der Waals surface area contributed by atoms with Crippen molar-refractivity contribution >= 4 is 6.21 Å². The molecule has 0 aromatic carbocycles. The van der Waals surface area contributed by atoms with E-state index in [0.717, 1.165) is 6.54 Å². The molecule has 2 nitrogen and oxygen atoms in total. The Hall–Kier alpha value is -0.790. The van der Waals surface area contributed by atoms with Crippen LogP contribution in [0.25, 0.3) is 0 Å². The summed E-state index contributed by atoms with van der Waals surface area (Å²) in [5.41, 5.74) is 1.78. The van der Waals surface area contributed by atoms with Crippen LogP contribution in [-0.2, 0) is 0 Å². The fourth-order valence-electron chi connectivity index (χ4n) is 2.10. The van der Waals surface area contributed by atoms with E-state index in [1.807, 2.05) is 0 Å². The Morgan fingerprint density at radius 2 is 2.07 bits per heavy atom. The van der Waals surface area contributed by atoms with Crippen molar-refractivity contribution in [2.45, 2.75) is 47.0 Å². The lowest BCUT2D eigenvalue weighted by atomic mass is 9.67. The van der Waals surface area contributed by atoms with E-state index >= 15 is 0 Å². The van der Waals surface area contributed by atoms with E-state index < -0.39 is 0 Å². The predicted octanol–water partition coefficient (Wildman–Crippen LogP) is 3.41. The Morgan fingerprint density at radius 1 is 1.33 bits per heavy atom. The van der Waals surface area contributed by atoms with E-state index in [-0.39, 0.29) is 10.8 Å². The first-order chi connectivity index (χ1) is 6.92. The first kappa shape index (κ1) is 10.7. The molecule has 0 N–H and O–H groups in total. The summed E-state index contributed by atoms with van der Waals surface area (Å²) in [6.45, 7) is 10.2. The van der Waals surface area contributed by atoms with E-state index in [9.17, 15) is 0 Å². The van der Waals surface area contributed by atoms with Crippen LogP contribution in [0.1, 0.15) is 47.0 Å². The molecule has 84 valence electrons. The molecule has 2 aliphatic rings. The van der Waals surface area contributed by atoms with Gasteiger partial charge in [-0.15, -0.1) is 0 Å². The molecule has 2 heteroatoms. The highest BCUT2D eigenvalue weighted by Gasteiger charge is 2.37. The number of piperidine rings is 1. The molecule has 1 unspecified atom stereocenters. The van der Waals surface area contributed by atoms with Crippen molar-refractivity contribution in [1.29, 1.82) is 0 Å². The number of hydrogen-bond acceptors (Lipinski definition) is 2. The van der Waals surface area contributed by atoms with E-state index in [0.29, 0.717) is 0 Å². The SMILES string of the molecule is CC(C)(C)C1(C)C=NN2CCCCC2=C1. The summed E-state index contributed by atoms with van der Waals surface area (Å²) in [4.78, 5) is 0. The van der Waals surface area contributed by atoms with Crippen LogP contribution in [-0.4, -0.2) is 17.8 Å². The third-order valence-corrected chi connectivity index (χ3v) is 3.93. The van der Waals surface area contributed by atoms with Crippen molar-refractivity contribution in [3.8, 4) is 0 Å². The van der Waals surface area contributed by atoms with Gasteiger partial charge < -0.3 is 0 Å². The summed E-state index contributed by atoms with van der Waals surface area (Å²) in [5, 5.41) is 6.79. The van der Waals surface area contributed by atoms with E-state index in [4.69, 9.17) is 0 Å². The number of rotatable bonds is 0. The number of nitrogens with zero attached hydrogens (tertiary/aromatic N) is 2. The lowest BCUT2D eigenvalue weighted by molar-refractivity contribution is 0.218. The molecule has 0 aromatic heterocycles. The summed E-state index contributed by atoms with van der Waals surface area (Å²) >= 11 is 0. The van der Waals surface area contributed by atoms with Crippen LogP contribution >= 0.6 is 0 Å². The minimum absolute atomic E-state index is 0.107. The average molecular weight is 206 g/mol. The molecule has 1 atom stereocenters. The standard InChI is InChI=1S/C13H22N2/c1-12(2,3)13(4)9-11-7-5-6-8-15(11)14-10-13/h9-10H,5-8H2,1-4H3. The first-order valence-electron chi connectivity index (χ1n) is 5.97. The minimum atomic E-state index is 0.107. The van der Waals surface area contributed by atoms with E-state index in [1.54, 1.807) is 0 Å². The average Bonchev–Trinajstić information content (AvgIpc) is 2.16. The van der Waals surface area contributed by atoms with Gasteiger partial charge in [0, 0.05) is 23.9 Å². The highest BCUT2D eigenvalue weighted by Crippen LogP contribution is 2.42.